The maximum Gasteiger partial charge on any atom is 0.276 e. The average Bonchev–Trinajstić information content (AvgIpc) is 3.10. The largest absolute Gasteiger partial charge is 0.346 e. The Morgan fingerprint density at radius 1 is 0.935 bits per heavy atom. The number of benzene rings is 2. The zero-order chi connectivity index (χ0) is 22.5. The zero-order valence-electron chi connectivity index (χ0n) is 19.5. The van der Waals surface area contributed by atoms with Crippen LogP contribution in [0, 0.1) is 12.8 Å². The molecule has 0 aliphatic heterocycles. The number of aryl methyl sites for hydroxylation is 2. The van der Waals surface area contributed by atoms with Gasteiger partial charge in [-0.2, -0.15) is 5.10 Å². The van der Waals surface area contributed by atoms with E-state index in [0.29, 0.717) is 5.92 Å². The Balaban J connectivity index is 0.00000132. The van der Waals surface area contributed by atoms with Crippen LogP contribution >= 0.6 is 0 Å². The second-order valence-electron chi connectivity index (χ2n) is 8.17. The molecule has 0 amide bonds. The van der Waals surface area contributed by atoms with Gasteiger partial charge in [-0.3, -0.25) is 4.79 Å². The van der Waals surface area contributed by atoms with Gasteiger partial charge >= 0.3 is 0 Å². The standard InChI is InChI=1S/C25H27N3O.C2H6/c1-17(2)14-23-22-16-28(18(3)24(22)25(29)27(4)26-23)15-19-10-12-21(13-11-19)20-8-6-5-7-9-20;1-2/h5-13,16-17H,14-15H2,1-4H3;1-2H3. The number of nitrogens with zero attached hydrogens (tertiary/aromatic N) is 3. The summed E-state index contributed by atoms with van der Waals surface area (Å²) >= 11 is 0. The lowest BCUT2D eigenvalue weighted by molar-refractivity contribution is 0.605. The molecule has 0 saturated carbocycles. The van der Waals surface area contributed by atoms with E-state index >= 15 is 0 Å². The minimum Gasteiger partial charge on any atom is -0.346 e. The molecule has 4 heteroatoms. The Morgan fingerprint density at radius 2 is 1.55 bits per heavy atom. The minimum absolute atomic E-state index is 0.0248. The zero-order valence-corrected chi connectivity index (χ0v) is 19.5. The summed E-state index contributed by atoms with van der Waals surface area (Å²) in [6.45, 7) is 11.1. The summed E-state index contributed by atoms with van der Waals surface area (Å²) in [6.07, 6.45) is 2.96. The number of rotatable bonds is 5. The van der Waals surface area contributed by atoms with E-state index in [4.69, 9.17) is 0 Å². The fourth-order valence-electron chi connectivity index (χ4n) is 3.92. The third kappa shape index (κ3) is 4.79. The maximum atomic E-state index is 12.7. The summed E-state index contributed by atoms with van der Waals surface area (Å²) in [5.41, 5.74) is 5.61. The van der Waals surface area contributed by atoms with Gasteiger partial charge in [0, 0.05) is 30.9 Å². The SMILES string of the molecule is CC.Cc1c2c(=O)n(C)nc(CC(C)C)c2cn1Cc1ccc(-c2ccccc2)cc1. The van der Waals surface area contributed by atoms with Crippen molar-refractivity contribution in [2.45, 2.75) is 47.6 Å². The van der Waals surface area contributed by atoms with Crippen molar-refractivity contribution in [3.63, 3.8) is 0 Å². The smallest absolute Gasteiger partial charge is 0.276 e. The van der Waals surface area contributed by atoms with Crippen molar-refractivity contribution >= 4 is 10.8 Å². The van der Waals surface area contributed by atoms with Crippen LogP contribution in [0.1, 0.15) is 44.6 Å². The van der Waals surface area contributed by atoms with Crippen molar-refractivity contribution in [3.8, 4) is 11.1 Å². The van der Waals surface area contributed by atoms with Crippen molar-refractivity contribution in [1.29, 1.82) is 0 Å². The van der Waals surface area contributed by atoms with Crippen molar-refractivity contribution < 1.29 is 0 Å². The van der Waals surface area contributed by atoms with Gasteiger partial charge in [-0.25, -0.2) is 4.68 Å². The molecular weight excluding hydrogens is 382 g/mol. The van der Waals surface area contributed by atoms with Gasteiger partial charge in [-0.1, -0.05) is 82.3 Å². The van der Waals surface area contributed by atoms with Crippen LogP contribution in [0.15, 0.2) is 65.6 Å². The maximum absolute atomic E-state index is 12.7. The van der Waals surface area contributed by atoms with E-state index < -0.39 is 0 Å². The van der Waals surface area contributed by atoms with Gasteiger partial charge in [0.05, 0.1) is 11.1 Å². The first-order valence-electron chi connectivity index (χ1n) is 11.1. The third-order valence-corrected chi connectivity index (χ3v) is 5.45. The number of aromatic nitrogens is 3. The lowest BCUT2D eigenvalue weighted by atomic mass is 10.0. The molecule has 2 aromatic heterocycles. The predicted octanol–water partition coefficient (Wildman–Crippen LogP) is 5.98. The van der Waals surface area contributed by atoms with Crippen LogP contribution < -0.4 is 5.56 Å². The molecule has 0 bridgehead atoms. The third-order valence-electron chi connectivity index (χ3n) is 5.45. The van der Waals surface area contributed by atoms with E-state index in [1.165, 1.54) is 21.4 Å². The highest BCUT2D eigenvalue weighted by Crippen LogP contribution is 2.24. The van der Waals surface area contributed by atoms with Crippen molar-refractivity contribution in [1.82, 2.24) is 14.3 Å². The second-order valence-corrected chi connectivity index (χ2v) is 8.17. The Hall–Kier alpha value is -3.14. The van der Waals surface area contributed by atoms with E-state index in [1.807, 2.05) is 26.8 Å². The molecule has 0 spiro atoms. The van der Waals surface area contributed by atoms with Gasteiger partial charge in [-0.05, 0) is 36.0 Å². The summed E-state index contributed by atoms with van der Waals surface area (Å²) in [5.74, 6) is 0.484. The van der Waals surface area contributed by atoms with E-state index in [-0.39, 0.29) is 5.56 Å². The molecule has 0 saturated heterocycles. The first-order chi connectivity index (χ1) is 14.9. The molecule has 4 aromatic rings. The Kier molecular flexibility index (Phi) is 7.11. The monoisotopic (exact) mass is 415 g/mol. The van der Waals surface area contributed by atoms with Gasteiger partial charge in [0.2, 0.25) is 0 Å². The first kappa shape index (κ1) is 22.5. The second kappa shape index (κ2) is 9.78. The normalized spacial score (nSPS) is 10.9. The molecule has 4 rings (SSSR count). The molecule has 0 aliphatic rings. The van der Waals surface area contributed by atoms with Gasteiger partial charge in [0.25, 0.3) is 5.56 Å². The van der Waals surface area contributed by atoms with Crippen LogP contribution in [-0.2, 0) is 20.0 Å². The summed E-state index contributed by atoms with van der Waals surface area (Å²) in [5, 5.41) is 6.32. The highest BCUT2D eigenvalue weighted by Gasteiger charge is 2.16. The van der Waals surface area contributed by atoms with Gasteiger partial charge in [0.15, 0.2) is 0 Å². The summed E-state index contributed by atoms with van der Waals surface area (Å²) in [6, 6.07) is 19.0. The predicted molar refractivity (Wildman–Crippen MR) is 131 cm³/mol. The highest BCUT2D eigenvalue weighted by atomic mass is 16.1. The summed E-state index contributed by atoms with van der Waals surface area (Å²) in [4.78, 5) is 12.7. The molecule has 0 aliphatic carbocycles. The van der Waals surface area contributed by atoms with Gasteiger partial charge in [0.1, 0.15) is 0 Å². The highest BCUT2D eigenvalue weighted by molar-refractivity contribution is 5.86. The van der Waals surface area contributed by atoms with Crippen LogP contribution in [0.25, 0.3) is 21.9 Å². The van der Waals surface area contributed by atoms with Gasteiger partial charge in [-0.15, -0.1) is 0 Å². The molecule has 31 heavy (non-hydrogen) atoms. The Labute approximate surface area is 185 Å². The van der Waals surface area contributed by atoms with Crippen LogP contribution in [0.3, 0.4) is 0 Å². The molecule has 0 unspecified atom stereocenters. The van der Waals surface area contributed by atoms with E-state index in [9.17, 15) is 4.79 Å². The van der Waals surface area contributed by atoms with Crippen molar-refractivity contribution in [3.05, 3.63) is 88.1 Å². The molecule has 2 heterocycles. The van der Waals surface area contributed by atoms with Crippen LogP contribution in [0.2, 0.25) is 0 Å². The number of fused-ring (bicyclic) bond motifs is 1. The van der Waals surface area contributed by atoms with Crippen LogP contribution in [0.5, 0.6) is 0 Å². The molecule has 4 nitrogen and oxygen atoms in total. The lowest BCUT2D eigenvalue weighted by Gasteiger charge is -2.08. The van der Waals surface area contributed by atoms with Crippen LogP contribution in [0.4, 0.5) is 0 Å². The van der Waals surface area contributed by atoms with E-state index in [2.05, 4.69) is 78.2 Å². The fraction of sp³-hybridized carbons (Fsp3) is 0.333. The molecule has 162 valence electrons. The van der Waals surface area contributed by atoms with E-state index in [0.717, 1.165) is 35.1 Å². The lowest BCUT2D eigenvalue weighted by Crippen LogP contribution is -2.22. The molecule has 0 fully saturated rings. The molecular formula is C27H33N3O. The topological polar surface area (TPSA) is 39.8 Å². The average molecular weight is 416 g/mol. The molecule has 0 N–H and O–H groups in total. The minimum atomic E-state index is -0.0248. The Bertz CT molecular complexity index is 1200. The molecule has 2 aromatic carbocycles. The fourth-order valence-corrected chi connectivity index (χ4v) is 3.92. The number of hydrogen-bond donors (Lipinski definition) is 0. The number of hydrogen-bond acceptors (Lipinski definition) is 2. The summed E-state index contributed by atoms with van der Waals surface area (Å²) < 4.78 is 3.65. The first-order valence-corrected chi connectivity index (χ1v) is 11.1. The van der Waals surface area contributed by atoms with Crippen LogP contribution in [-0.4, -0.2) is 14.3 Å². The molecule has 0 radical (unpaired) electrons. The van der Waals surface area contributed by atoms with Crippen molar-refractivity contribution in [2.75, 3.05) is 0 Å². The molecule has 0 atom stereocenters. The summed E-state index contributed by atoms with van der Waals surface area (Å²) in [7, 11) is 1.74. The Morgan fingerprint density at radius 3 is 2.16 bits per heavy atom. The van der Waals surface area contributed by atoms with Gasteiger partial charge < -0.3 is 4.57 Å². The quantitative estimate of drug-likeness (QED) is 0.402. The van der Waals surface area contributed by atoms with Crippen molar-refractivity contribution in [2.24, 2.45) is 13.0 Å². The van der Waals surface area contributed by atoms with E-state index in [1.54, 1.807) is 7.05 Å².